The maximum absolute atomic E-state index is 15.0. The second kappa shape index (κ2) is 37.5. The van der Waals surface area contributed by atoms with Gasteiger partial charge < -0.3 is 14.2 Å². The van der Waals surface area contributed by atoms with Crippen molar-refractivity contribution in [2.24, 2.45) is 0 Å². The topological polar surface area (TPSA) is 124 Å². The van der Waals surface area contributed by atoms with Gasteiger partial charge in [-0.25, -0.2) is 32.5 Å². The lowest BCUT2D eigenvalue weighted by Crippen LogP contribution is -2.28. The minimum Gasteiger partial charge on any atom is -0.432 e. The van der Waals surface area contributed by atoms with Crippen LogP contribution in [-0.4, -0.2) is 36.8 Å². The van der Waals surface area contributed by atoms with Crippen molar-refractivity contribution in [2.75, 3.05) is 0 Å². The van der Waals surface area contributed by atoms with E-state index >= 15 is 0 Å². The van der Waals surface area contributed by atoms with E-state index < -0.39 is 44.6 Å². The first-order valence-electron chi connectivity index (χ1n) is 23.5. The van der Waals surface area contributed by atoms with Crippen LogP contribution >= 0.6 is 7.82 Å². The van der Waals surface area contributed by atoms with Gasteiger partial charge in [-0.2, -0.15) is 0 Å². The molecule has 0 aliphatic carbocycles. The van der Waals surface area contributed by atoms with E-state index in [9.17, 15) is 18.9 Å². The average molecular weight is 855 g/mol. The number of unbranched alkanes of at least 4 members (excludes halogenated alkanes) is 24. The number of hydrogen-bond donors (Lipinski definition) is 0. The van der Waals surface area contributed by atoms with E-state index in [1.807, 2.05) is 0 Å². The van der Waals surface area contributed by atoms with E-state index in [-0.39, 0.29) is 36.0 Å². The van der Waals surface area contributed by atoms with Gasteiger partial charge in [-0.1, -0.05) is 195 Å². The van der Waals surface area contributed by atoms with Crippen molar-refractivity contribution in [1.29, 1.82) is 0 Å². The molecule has 0 amide bonds. The van der Waals surface area contributed by atoms with Crippen LogP contribution in [0.15, 0.2) is 36.5 Å². The molecule has 0 aliphatic heterocycles. The van der Waals surface area contributed by atoms with Crippen LogP contribution in [0.3, 0.4) is 0 Å². The lowest BCUT2D eigenvalue weighted by atomic mass is 10.1. The summed E-state index contributed by atoms with van der Waals surface area (Å²) in [7, 11) is -4.80. The van der Waals surface area contributed by atoms with Gasteiger partial charge in [0.25, 0.3) is 0 Å². The number of ether oxygens (including phenoxy) is 3. The predicted molar refractivity (Wildman–Crippen MR) is 240 cm³/mol. The lowest BCUT2D eigenvalue weighted by Gasteiger charge is -2.29. The Kier molecular flexibility index (Phi) is 36.1. The first-order chi connectivity index (χ1) is 28.3. The molecular weight excluding hydrogens is 767 g/mol. The van der Waals surface area contributed by atoms with Crippen LogP contribution in [0.1, 0.15) is 234 Å². The van der Waals surface area contributed by atoms with Crippen molar-refractivity contribution in [1.82, 2.24) is 0 Å². The third-order valence-electron chi connectivity index (χ3n) is 10.1. The average Bonchev–Trinajstić information content (AvgIpc) is 3.18. The standard InChI is InChI=1S/C48H87O10P/c1-10-13-16-19-22-25-28-31-34-37-43(53-46(49)40(4)5)56-59(52,57-44(54-47(50)41(6)7)38-35-32-29-26-23-20-17-14-11-2)58-45(55-48(51)42(8)9)39-36-33-30-27-24-21-18-15-12-3/h43-45H,4,6,8,10-39H2,1-3,5,7,9H3. The molecule has 0 fully saturated rings. The van der Waals surface area contributed by atoms with E-state index in [1.165, 1.54) is 97.8 Å². The van der Waals surface area contributed by atoms with Crippen LogP contribution in [0.25, 0.3) is 0 Å². The molecule has 0 saturated heterocycles. The molecule has 0 aromatic heterocycles. The van der Waals surface area contributed by atoms with Crippen LogP contribution in [0.2, 0.25) is 0 Å². The fraction of sp³-hybridized carbons (Fsp3) is 0.812. The summed E-state index contributed by atoms with van der Waals surface area (Å²) < 4.78 is 50.1. The van der Waals surface area contributed by atoms with Crippen LogP contribution in [0, 0.1) is 0 Å². The highest BCUT2D eigenvalue weighted by molar-refractivity contribution is 7.48. The Hall–Kier alpha value is -2.26. The Morgan fingerprint density at radius 2 is 0.559 bits per heavy atom. The Bertz CT molecular complexity index is 1060. The normalized spacial score (nSPS) is 13.9. The van der Waals surface area contributed by atoms with Gasteiger partial charge in [0.05, 0.1) is 0 Å². The minimum atomic E-state index is -4.80. The molecular formula is C48H87O10P. The van der Waals surface area contributed by atoms with E-state index in [0.29, 0.717) is 19.3 Å². The number of esters is 3. The van der Waals surface area contributed by atoms with E-state index in [0.717, 1.165) is 77.0 Å². The van der Waals surface area contributed by atoms with Crippen LogP contribution < -0.4 is 0 Å². The number of phosphoric acid groups is 1. The summed E-state index contributed by atoms with van der Waals surface area (Å²) in [6.45, 7) is 22.3. The molecule has 0 heterocycles. The maximum atomic E-state index is 15.0. The van der Waals surface area contributed by atoms with Crippen LogP contribution in [0.5, 0.6) is 0 Å². The third-order valence-corrected chi connectivity index (χ3v) is 11.6. The monoisotopic (exact) mass is 855 g/mol. The molecule has 0 aromatic carbocycles. The molecule has 0 radical (unpaired) electrons. The fourth-order valence-electron chi connectivity index (χ4n) is 6.43. The predicted octanol–water partition coefficient (Wildman–Crippen LogP) is 15.2. The summed E-state index contributed by atoms with van der Waals surface area (Å²) >= 11 is 0. The van der Waals surface area contributed by atoms with Crippen molar-refractivity contribution < 1.29 is 46.7 Å². The highest BCUT2D eigenvalue weighted by Crippen LogP contribution is 2.54. The van der Waals surface area contributed by atoms with Crippen molar-refractivity contribution in [2.45, 2.75) is 253 Å². The van der Waals surface area contributed by atoms with Crippen molar-refractivity contribution in [3.63, 3.8) is 0 Å². The summed E-state index contributed by atoms with van der Waals surface area (Å²) in [5.74, 6) is -2.17. The number of phosphoric ester groups is 1. The highest BCUT2D eigenvalue weighted by atomic mass is 31.2. The van der Waals surface area contributed by atoms with E-state index in [4.69, 9.17) is 27.8 Å². The van der Waals surface area contributed by atoms with Crippen LogP contribution in [0.4, 0.5) is 0 Å². The van der Waals surface area contributed by atoms with Crippen LogP contribution in [-0.2, 0) is 46.7 Å². The number of carbonyl (C=O) groups is 3. The third kappa shape index (κ3) is 33.1. The lowest BCUT2D eigenvalue weighted by molar-refractivity contribution is -0.181. The molecule has 11 heteroatoms. The number of carbonyl (C=O) groups excluding carboxylic acids is 3. The molecule has 344 valence electrons. The molecule has 59 heavy (non-hydrogen) atoms. The summed E-state index contributed by atoms with van der Waals surface area (Å²) in [5, 5.41) is 0. The summed E-state index contributed by atoms with van der Waals surface area (Å²) in [4.78, 5) is 38.6. The molecule has 3 unspecified atom stereocenters. The molecule has 0 bridgehead atoms. The zero-order valence-electron chi connectivity index (χ0n) is 38.6. The van der Waals surface area contributed by atoms with Gasteiger partial charge in [0.2, 0.25) is 18.9 Å². The van der Waals surface area contributed by atoms with Crippen molar-refractivity contribution >= 4 is 25.7 Å². The van der Waals surface area contributed by atoms with Gasteiger partial charge in [-0.15, -0.1) is 0 Å². The van der Waals surface area contributed by atoms with E-state index in [2.05, 4.69) is 40.5 Å². The van der Waals surface area contributed by atoms with Crippen molar-refractivity contribution in [3.8, 4) is 0 Å². The molecule has 0 spiro atoms. The van der Waals surface area contributed by atoms with Gasteiger partial charge in [0.1, 0.15) is 0 Å². The quantitative estimate of drug-likeness (QED) is 0.0146. The van der Waals surface area contributed by atoms with E-state index in [1.54, 1.807) is 0 Å². The van der Waals surface area contributed by atoms with Gasteiger partial charge in [-0.3, -0.25) is 0 Å². The van der Waals surface area contributed by atoms with Gasteiger partial charge in [-0.05, 0) is 40.0 Å². The molecule has 0 rings (SSSR count). The zero-order chi connectivity index (χ0) is 44.2. The molecule has 10 nitrogen and oxygen atoms in total. The summed E-state index contributed by atoms with van der Waals surface area (Å²) in [6, 6.07) is 0. The SMILES string of the molecule is C=C(C)C(=O)OC(CCCCCCCCCCC)OP(=O)(OC(CCCCCCCCCCC)OC(=O)C(=C)C)OC(CCCCCCCCCCC)OC(=O)C(=C)C. The second-order valence-corrected chi connectivity index (χ2v) is 18.0. The number of hydrogen-bond acceptors (Lipinski definition) is 10. The Morgan fingerprint density at radius 1 is 0.373 bits per heavy atom. The molecule has 0 aliphatic rings. The molecule has 3 atom stereocenters. The summed E-state index contributed by atoms with van der Waals surface area (Å²) in [5.41, 5.74) is 0.416. The number of rotatable bonds is 42. The van der Waals surface area contributed by atoms with Gasteiger partial charge in [0, 0.05) is 36.0 Å². The Labute approximate surface area is 361 Å². The van der Waals surface area contributed by atoms with Gasteiger partial charge >= 0.3 is 25.7 Å². The Morgan fingerprint density at radius 3 is 0.746 bits per heavy atom. The molecule has 0 N–H and O–H groups in total. The smallest absolute Gasteiger partial charge is 0.432 e. The largest absolute Gasteiger partial charge is 0.484 e. The summed E-state index contributed by atoms with van der Waals surface area (Å²) in [6.07, 6.45) is 25.4. The highest BCUT2D eigenvalue weighted by Gasteiger charge is 2.40. The molecule has 0 saturated carbocycles. The van der Waals surface area contributed by atoms with Gasteiger partial charge in [0.15, 0.2) is 0 Å². The second-order valence-electron chi connectivity index (χ2n) is 16.5. The maximum Gasteiger partial charge on any atom is 0.484 e. The minimum absolute atomic E-state index is 0.139. The zero-order valence-corrected chi connectivity index (χ0v) is 39.5. The Balaban J connectivity index is 6.30. The first-order valence-corrected chi connectivity index (χ1v) is 25.0. The first kappa shape index (κ1) is 56.7. The molecule has 0 aromatic rings. The fourth-order valence-corrected chi connectivity index (χ4v) is 7.89. The van der Waals surface area contributed by atoms with Crippen molar-refractivity contribution in [3.05, 3.63) is 36.5 Å².